The van der Waals surface area contributed by atoms with E-state index in [-0.39, 0.29) is 0 Å². The van der Waals surface area contributed by atoms with Crippen LogP contribution in [0, 0.1) is 0 Å². The minimum Gasteiger partial charge on any atom is -0.449 e. The lowest BCUT2D eigenvalue weighted by Gasteiger charge is -2.13. The molecular formula is C9H11BF3-. The first kappa shape index (κ1) is 10.2. The van der Waals surface area contributed by atoms with E-state index in [4.69, 9.17) is 0 Å². The first-order valence-electron chi connectivity index (χ1n) is 4.30. The van der Waals surface area contributed by atoms with E-state index in [9.17, 15) is 12.9 Å². The summed E-state index contributed by atoms with van der Waals surface area (Å²) in [5, 5.41) is 0. The Morgan fingerprint density at radius 2 is 1.46 bits per heavy atom. The van der Waals surface area contributed by atoms with Gasteiger partial charge in [0.2, 0.25) is 0 Å². The SMILES string of the molecule is CCc1ccc(C[B-](F)(F)F)cc1. The summed E-state index contributed by atoms with van der Waals surface area (Å²) in [6.45, 7) is -2.72. The summed E-state index contributed by atoms with van der Waals surface area (Å²) in [5.74, 6) is 0. The molecule has 0 nitrogen and oxygen atoms in total. The van der Waals surface area contributed by atoms with Gasteiger partial charge in [0, 0.05) is 0 Å². The van der Waals surface area contributed by atoms with E-state index in [1.807, 2.05) is 6.92 Å². The Labute approximate surface area is 75.8 Å². The number of aryl methyl sites for hydroxylation is 1. The summed E-state index contributed by atoms with van der Waals surface area (Å²) in [6.07, 6.45) is 0.0848. The second-order valence-corrected chi connectivity index (χ2v) is 3.08. The molecule has 0 radical (unpaired) electrons. The van der Waals surface area contributed by atoms with Crippen LogP contribution in [0.25, 0.3) is 0 Å². The van der Waals surface area contributed by atoms with Crippen LogP contribution in [0.1, 0.15) is 18.1 Å². The standard InChI is InChI=1S/C9H11BF3/c1-2-8-3-5-9(6-4-8)7-10(11,12)13/h3-6H,2,7H2,1H3/q-1. The molecular weight excluding hydrogens is 176 g/mol. The second-order valence-electron chi connectivity index (χ2n) is 3.08. The zero-order valence-electron chi connectivity index (χ0n) is 7.43. The highest BCUT2D eigenvalue weighted by atomic mass is 19.4. The van der Waals surface area contributed by atoms with Crippen molar-refractivity contribution in [1.82, 2.24) is 0 Å². The molecule has 1 aromatic rings. The lowest BCUT2D eigenvalue weighted by Crippen LogP contribution is -2.19. The fourth-order valence-corrected chi connectivity index (χ4v) is 1.18. The molecule has 13 heavy (non-hydrogen) atoms. The van der Waals surface area contributed by atoms with Gasteiger partial charge >= 0.3 is 6.98 Å². The lowest BCUT2D eigenvalue weighted by molar-refractivity contribution is 0.468. The molecule has 0 bridgehead atoms. The van der Waals surface area contributed by atoms with Crippen LogP contribution in [0.5, 0.6) is 0 Å². The van der Waals surface area contributed by atoms with Crippen molar-refractivity contribution in [3.63, 3.8) is 0 Å². The van der Waals surface area contributed by atoms with Gasteiger partial charge < -0.3 is 12.9 Å². The third kappa shape index (κ3) is 3.53. The minimum atomic E-state index is -4.70. The molecule has 0 saturated heterocycles. The molecule has 0 spiro atoms. The summed E-state index contributed by atoms with van der Waals surface area (Å²) in [5.41, 5.74) is 1.42. The van der Waals surface area contributed by atoms with E-state index in [1.165, 1.54) is 0 Å². The predicted molar refractivity (Wildman–Crippen MR) is 48.6 cm³/mol. The summed E-state index contributed by atoms with van der Waals surface area (Å²) < 4.78 is 36.0. The number of halogens is 3. The van der Waals surface area contributed by atoms with Crippen LogP contribution < -0.4 is 0 Å². The molecule has 0 aromatic heterocycles. The molecule has 0 aliphatic heterocycles. The van der Waals surface area contributed by atoms with E-state index < -0.39 is 13.3 Å². The zero-order chi connectivity index (χ0) is 9.90. The smallest absolute Gasteiger partial charge is 0.449 e. The highest BCUT2D eigenvalue weighted by Gasteiger charge is 2.22. The van der Waals surface area contributed by atoms with Gasteiger partial charge in [-0.1, -0.05) is 43.1 Å². The maximum Gasteiger partial charge on any atom is 0.482 e. The number of hydrogen-bond acceptors (Lipinski definition) is 0. The van der Waals surface area contributed by atoms with Gasteiger partial charge in [-0.25, -0.2) is 0 Å². The lowest BCUT2D eigenvalue weighted by atomic mass is 9.82. The van der Waals surface area contributed by atoms with Gasteiger partial charge in [0.05, 0.1) is 0 Å². The third-order valence-electron chi connectivity index (χ3n) is 1.90. The number of hydrogen-bond donors (Lipinski definition) is 0. The molecule has 0 saturated carbocycles. The fraction of sp³-hybridized carbons (Fsp3) is 0.333. The topological polar surface area (TPSA) is 0 Å². The van der Waals surface area contributed by atoms with E-state index in [0.717, 1.165) is 12.0 Å². The average Bonchev–Trinajstić information content (AvgIpc) is 2.03. The van der Waals surface area contributed by atoms with E-state index >= 15 is 0 Å². The van der Waals surface area contributed by atoms with Crippen molar-refractivity contribution in [2.24, 2.45) is 0 Å². The van der Waals surface area contributed by atoms with Gasteiger partial charge in [0.1, 0.15) is 0 Å². The van der Waals surface area contributed by atoms with Crippen LogP contribution in [0.4, 0.5) is 12.9 Å². The Morgan fingerprint density at radius 1 is 1.00 bits per heavy atom. The van der Waals surface area contributed by atoms with Crippen molar-refractivity contribution < 1.29 is 12.9 Å². The molecule has 0 fully saturated rings. The maximum atomic E-state index is 12.0. The maximum absolute atomic E-state index is 12.0. The molecule has 0 heterocycles. The Kier molecular flexibility index (Phi) is 3.01. The highest BCUT2D eigenvalue weighted by Crippen LogP contribution is 2.16. The molecule has 4 heteroatoms. The van der Waals surface area contributed by atoms with Crippen LogP contribution >= 0.6 is 0 Å². The second kappa shape index (κ2) is 3.86. The van der Waals surface area contributed by atoms with Crippen LogP contribution in [-0.4, -0.2) is 6.98 Å². The molecule has 0 atom stereocenters. The summed E-state index contributed by atoms with van der Waals surface area (Å²) >= 11 is 0. The van der Waals surface area contributed by atoms with Gasteiger partial charge in [-0.3, -0.25) is 0 Å². The van der Waals surface area contributed by atoms with E-state index in [2.05, 4.69) is 0 Å². The van der Waals surface area contributed by atoms with Crippen molar-refractivity contribution in [2.75, 3.05) is 0 Å². The normalized spacial score (nSPS) is 11.7. The van der Waals surface area contributed by atoms with E-state index in [1.54, 1.807) is 24.3 Å². The van der Waals surface area contributed by atoms with Gasteiger partial charge in [-0.2, -0.15) is 0 Å². The Hall–Kier alpha value is -0.925. The van der Waals surface area contributed by atoms with Crippen molar-refractivity contribution >= 4 is 6.98 Å². The average molecular weight is 187 g/mol. The van der Waals surface area contributed by atoms with Crippen LogP contribution in [-0.2, 0) is 12.7 Å². The number of benzene rings is 1. The Morgan fingerprint density at radius 3 is 1.85 bits per heavy atom. The van der Waals surface area contributed by atoms with E-state index in [0.29, 0.717) is 5.56 Å². The number of rotatable bonds is 3. The molecule has 0 aliphatic rings. The van der Waals surface area contributed by atoms with Gasteiger partial charge in [-0.05, 0) is 12.0 Å². The van der Waals surface area contributed by atoms with Crippen molar-refractivity contribution in [1.29, 1.82) is 0 Å². The summed E-state index contributed by atoms with van der Waals surface area (Å²) in [4.78, 5) is 0. The van der Waals surface area contributed by atoms with Gasteiger partial charge in [0.15, 0.2) is 0 Å². The first-order chi connectivity index (χ1) is 6.01. The molecule has 1 aromatic carbocycles. The monoisotopic (exact) mass is 187 g/mol. The largest absolute Gasteiger partial charge is 0.482 e. The molecule has 0 aliphatic carbocycles. The molecule has 0 unspecified atom stereocenters. The quantitative estimate of drug-likeness (QED) is 0.637. The zero-order valence-corrected chi connectivity index (χ0v) is 7.43. The Bertz CT molecular complexity index is 263. The van der Waals surface area contributed by atoms with Gasteiger partial charge in [0.25, 0.3) is 0 Å². The highest BCUT2D eigenvalue weighted by molar-refractivity contribution is 6.57. The van der Waals surface area contributed by atoms with Crippen LogP contribution in [0.15, 0.2) is 24.3 Å². The summed E-state index contributed by atoms with van der Waals surface area (Å²) in [6, 6.07) is 6.59. The van der Waals surface area contributed by atoms with Gasteiger partial charge in [-0.15, -0.1) is 0 Å². The van der Waals surface area contributed by atoms with Crippen LogP contribution in [0.2, 0.25) is 0 Å². The molecule has 1 rings (SSSR count). The molecule has 0 amide bonds. The third-order valence-corrected chi connectivity index (χ3v) is 1.90. The first-order valence-corrected chi connectivity index (χ1v) is 4.30. The van der Waals surface area contributed by atoms with Crippen molar-refractivity contribution in [3.05, 3.63) is 35.4 Å². The minimum absolute atomic E-state index is 0.352. The molecule has 0 N–H and O–H groups in total. The van der Waals surface area contributed by atoms with Crippen molar-refractivity contribution in [2.45, 2.75) is 19.7 Å². The predicted octanol–water partition coefficient (Wildman–Crippen LogP) is 3.18. The van der Waals surface area contributed by atoms with Crippen molar-refractivity contribution in [3.8, 4) is 0 Å². The van der Waals surface area contributed by atoms with Crippen LogP contribution in [0.3, 0.4) is 0 Å². The fourth-order valence-electron chi connectivity index (χ4n) is 1.18. The Balaban J connectivity index is 2.70. The summed E-state index contributed by atoms with van der Waals surface area (Å²) in [7, 11) is 0. The molecule has 72 valence electrons.